The number of nitriles is 1. The summed E-state index contributed by atoms with van der Waals surface area (Å²) >= 11 is 0. The molecule has 0 unspecified atom stereocenters. The molecule has 0 saturated carbocycles. The van der Waals surface area contributed by atoms with Gasteiger partial charge < -0.3 is 4.74 Å². The van der Waals surface area contributed by atoms with Gasteiger partial charge in [0.1, 0.15) is 5.75 Å². The molecular weight excluding hydrogens is 298 g/mol. The Morgan fingerprint density at radius 1 is 1.12 bits per heavy atom. The summed E-state index contributed by atoms with van der Waals surface area (Å²) in [7, 11) is 0. The van der Waals surface area contributed by atoms with Crippen molar-refractivity contribution in [3.63, 3.8) is 0 Å². The van der Waals surface area contributed by atoms with Crippen molar-refractivity contribution in [3.05, 3.63) is 64.7 Å². The van der Waals surface area contributed by atoms with Crippen LogP contribution in [-0.2, 0) is 0 Å². The van der Waals surface area contributed by atoms with E-state index in [-0.39, 0.29) is 5.78 Å². The number of hydrogen-bond donors (Lipinski definition) is 0. The van der Waals surface area contributed by atoms with E-state index in [2.05, 4.69) is 13.0 Å². The van der Waals surface area contributed by atoms with E-state index >= 15 is 0 Å². The van der Waals surface area contributed by atoms with Crippen molar-refractivity contribution in [2.24, 2.45) is 0 Å². The molecule has 0 heterocycles. The third-order valence-corrected chi connectivity index (χ3v) is 3.96. The van der Waals surface area contributed by atoms with Gasteiger partial charge >= 0.3 is 0 Å². The number of benzene rings is 2. The molecule has 0 aliphatic rings. The molecule has 24 heavy (non-hydrogen) atoms. The summed E-state index contributed by atoms with van der Waals surface area (Å²) in [4.78, 5) is 12.6. The highest BCUT2D eigenvalue weighted by molar-refractivity contribution is 6.10. The fourth-order valence-corrected chi connectivity index (χ4v) is 2.59. The summed E-state index contributed by atoms with van der Waals surface area (Å²) < 4.78 is 5.76. The normalized spacial score (nSPS) is 10.2. The number of carbonyl (C=O) groups is 1. The van der Waals surface area contributed by atoms with Crippen molar-refractivity contribution in [1.29, 1.82) is 5.26 Å². The Morgan fingerprint density at radius 3 is 2.67 bits per heavy atom. The van der Waals surface area contributed by atoms with E-state index in [9.17, 15) is 4.79 Å². The van der Waals surface area contributed by atoms with Gasteiger partial charge in [0.05, 0.1) is 18.2 Å². The largest absolute Gasteiger partial charge is 0.494 e. The number of aryl methyl sites for hydroxylation is 1. The van der Waals surface area contributed by atoms with E-state index in [4.69, 9.17) is 10.00 Å². The first kappa shape index (κ1) is 17.7. The van der Waals surface area contributed by atoms with Crippen molar-refractivity contribution in [3.8, 4) is 11.8 Å². The van der Waals surface area contributed by atoms with Gasteiger partial charge in [0.15, 0.2) is 5.78 Å². The van der Waals surface area contributed by atoms with E-state index in [1.165, 1.54) is 19.3 Å². The van der Waals surface area contributed by atoms with Gasteiger partial charge in [-0.1, -0.05) is 38.3 Å². The van der Waals surface area contributed by atoms with Gasteiger partial charge in [0.2, 0.25) is 0 Å². The monoisotopic (exact) mass is 321 g/mol. The first-order valence-corrected chi connectivity index (χ1v) is 8.44. The molecule has 0 aliphatic heterocycles. The summed E-state index contributed by atoms with van der Waals surface area (Å²) in [5.41, 5.74) is 2.55. The molecule has 2 aromatic carbocycles. The number of nitrogens with zero attached hydrogens (tertiary/aromatic N) is 1. The molecule has 3 heteroatoms. The van der Waals surface area contributed by atoms with Crippen LogP contribution in [0.5, 0.6) is 5.75 Å². The first-order valence-electron chi connectivity index (χ1n) is 8.44. The molecule has 0 spiro atoms. The molecule has 3 nitrogen and oxygen atoms in total. The SMILES string of the molecule is CCCCCCOc1ccc(C(=O)c2cccc(C#N)c2)c(C)c1. The summed E-state index contributed by atoms with van der Waals surface area (Å²) in [6, 6.07) is 14.4. The predicted octanol–water partition coefficient (Wildman–Crippen LogP) is 5.06. The minimum Gasteiger partial charge on any atom is -0.494 e. The van der Waals surface area contributed by atoms with Gasteiger partial charge in [0, 0.05) is 11.1 Å². The van der Waals surface area contributed by atoms with Crippen LogP contribution in [0.3, 0.4) is 0 Å². The number of unbranched alkanes of at least 4 members (excludes halogenated alkanes) is 3. The number of hydrogen-bond acceptors (Lipinski definition) is 3. The lowest BCUT2D eigenvalue weighted by atomic mass is 9.98. The quantitative estimate of drug-likeness (QED) is 0.504. The highest BCUT2D eigenvalue weighted by Gasteiger charge is 2.13. The Morgan fingerprint density at radius 2 is 1.96 bits per heavy atom. The molecule has 0 saturated heterocycles. The van der Waals surface area contributed by atoms with Crippen LogP contribution < -0.4 is 4.74 Å². The Hall–Kier alpha value is -2.60. The summed E-state index contributed by atoms with van der Waals surface area (Å²) in [6.07, 6.45) is 4.68. The van der Waals surface area contributed by atoms with Gasteiger partial charge in [-0.05, 0) is 49.2 Å². The maximum absolute atomic E-state index is 12.6. The molecule has 0 fully saturated rings. The maximum Gasteiger partial charge on any atom is 0.193 e. The molecule has 2 rings (SSSR count). The second kappa shape index (κ2) is 8.88. The van der Waals surface area contributed by atoms with Crippen molar-refractivity contribution in [1.82, 2.24) is 0 Å². The molecule has 0 amide bonds. The summed E-state index contributed by atoms with van der Waals surface area (Å²) in [5, 5.41) is 8.96. The Labute approximate surface area is 143 Å². The minimum absolute atomic E-state index is 0.0703. The van der Waals surface area contributed by atoms with E-state index in [0.717, 1.165) is 17.7 Å². The summed E-state index contributed by atoms with van der Waals surface area (Å²) in [6.45, 7) is 4.80. The number of ketones is 1. The van der Waals surface area contributed by atoms with Crippen LogP contribution in [0.25, 0.3) is 0 Å². The lowest BCUT2D eigenvalue weighted by Crippen LogP contribution is -2.05. The highest BCUT2D eigenvalue weighted by atomic mass is 16.5. The van der Waals surface area contributed by atoms with Crippen LogP contribution in [0.1, 0.15) is 59.7 Å². The molecular formula is C21H23NO2. The van der Waals surface area contributed by atoms with Gasteiger partial charge in [-0.25, -0.2) is 0 Å². The highest BCUT2D eigenvalue weighted by Crippen LogP contribution is 2.21. The van der Waals surface area contributed by atoms with Crippen molar-refractivity contribution in [2.75, 3.05) is 6.61 Å². The number of carbonyl (C=O) groups excluding carboxylic acids is 1. The average Bonchev–Trinajstić information content (AvgIpc) is 2.61. The van der Waals surface area contributed by atoms with E-state index in [0.29, 0.717) is 23.3 Å². The zero-order valence-electron chi connectivity index (χ0n) is 14.3. The van der Waals surface area contributed by atoms with Crippen molar-refractivity contribution >= 4 is 5.78 Å². The molecule has 0 aromatic heterocycles. The predicted molar refractivity (Wildman–Crippen MR) is 95.4 cm³/mol. The fraction of sp³-hybridized carbons (Fsp3) is 0.333. The van der Waals surface area contributed by atoms with Crippen molar-refractivity contribution in [2.45, 2.75) is 39.5 Å². The van der Waals surface area contributed by atoms with Gasteiger partial charge in [-0.15, -0.1) is 0 Å². The van der Waals surface area contributed by atoms with Crippen LogP contribution in [0, 0.1) is 18.3 Å². The molecule has 0 radical (unpaired) electrons. The van der Waals surface area contributed by atoms with Crippen LogP contribution in [0.2, 0.25) is 0 Å². The molecule has 0 N–H and O–H groups in total. The molecule has 2 aromatic rings. The van der Waals surface area contributed by atoms with Crippen LogP contribution in [0.15, 0.2) is 42.5 Å². The van der Waals surface area contributed by atoms with Crippen LogP contribution in [-0.4, -0.2) is 12.4 Å². The van der Waals surface area contributed by atoms with Gasteiger partial charge in [-0.3, -0.25) is 4.79 Å². The molecule has 0 aliphatic carbocycles. The third kappa shape index (κ3) is 4.70. The fourth-order valence-electron chi connectivity index (χ4n) is 2.59. The van der Waals surface area contributed by atoms with Crippen LogP contribution >= 0.6 is 0 Å². The van der Waals surface area contributed by atoms with E-state index in [1.54, 1.807) is 30.3 Å². The Bertz CT molecular complexity index is 744. The third-order valence-electron chi connectivity index (χ3n) is 3.96. The summed E-state index contributed by atoms with van der Waals surface area (Å²) in [5.74, 6) is 0.727. The minimum atomic E-state index is -0.0703. The second-order valence-electron chi connectivity index (χ2n) is 5.91. The smallest absolute Gasteiger partial charge is 0.193 e. The Balaban J connectivity index is 2.06. The number of ether oxygens (including phenoxy) is 1. The van der Waals surface area contributed by atoms with E-state index in [1.807, 2.05) is 19.1 Å². The topological polar surface area (TPSA) is 50.1 Å². The first-order chi connectivity index (χ1) is 11.7. The van der Waals surface area contributed by atoms with Crippen molar-refractivity contribution < 1.29 is 9.53 Å². The lowest BCUT2D eigenvalue weighted by molar-refractivity contribution is 0.103. The maximum atomic E-state index is 12.6. The second-order valence-corrected chi connectivity index (χ2v) is 5.91. The zero-order valence-corrected chi connectivity index (χ0v) is 14.3. The van der Waals surface area contributed by atoms with E-state index < -0.39 is 0 Å². The number of rotatable bonds is 8. The van der Waals surface area contributed by atoms with Gasteiger partial charge in [-0.2, -0.15) is 5.26 Å². The zero-order chi connectivity index (χ0) is 17.4. The molecule has 0 bridgehead atoms. The van der Waals surface area contributed by atoms with Gasteiger partial charge in [0.25, 0.3) is 0 Å². The molecule has 124 valence electrons. The van der Waals surface area contributed by atoms with Crippen LogP contribution in [0.4, 0.5) is 0 Å². The standard InChI is InChI=1S/C21H23NO2/c1-3-4-5-6-12-24-19-10-11-20(16(2)13-19)21(23)18-9-7-8-17(14-18)15-22/h7-11,13-14H,3-6,12H2,1-2H3. The molecule has 0 atom stereocenters. The Kier molecular flexibility index (Phi) is 6.57. The lowest BCUT2D eigenvalue weighted by Gasteiger charge is -2.10. The average molecular weight is 321 g/mol.